The van der Waals surface area contributed by atoms with E-state index in [2.05, 4.69) is 10.2 Å². The maximum Gasteiger partial charge on any atom is 0.332 e. The Bertz CT molecular complexity index is 172. The fourth-order valence-corrected chi connectivity index (χ4v) is 0.608. The van der Waals surface area contributed by atoms with Crippen LogP contribution in [0, 0.1) is 0 Å². The number of amides is 1. The third kappa shape index (κ3) is 8.77. The fraction of sp³-hybridized carbons (Fsp3) is 0.714. The number of hydrogen-bond donors (Lipinski definition) is 3. The summed E-state index contributed by atoms with van der Waals surface area (Å²) in [6.07, 6.45) is 0.271. The molecule has 6 heteroatoms. The molecule has 0 rings (SSSR count). The van der Waals surface area contributed by atoms with Crippen molar-refractivity contribution in [1.82, 2.24) is 10.8 Å². The van der Waals surface area contributed by atoms with Crippen molar-refractivity contribution >= 4 is 11.9 Å². The number of rotatable bonds is 7. The van der Waals surface area contributed by atoms with Gasteiger partial charge in [0.25, 0.3) is 0 Å². The van der Waals surface area contributed by atoms with Gasteiger partial charge in [0.05, 0.1) is 0 Å². The zero-order chi connectivity index (χ0) is 10.1. The monoisotopic (exact) mass is 190 g/mol. The minimum absolute atomic E-state index is 0.271. The average Bonchev–Trinajstić information content (AvgIpc) is 2.04. The second-order valence-electron chi connectivity index (χ2n) is 2.31. The first-order chi connectivity index (χ1) is 6.16. The summed E-state index contributed by atoms with van der Waals surface area (Å²) >= 11 is 0. The van der Waals surface area contributed by atoms with Gasteiger partial charge in [0.2, 0.25) is 5.91 Å². The molecule has 0 saturated carbocycles. The summed E-state index contributed by atoms with van der Waals surface area (Å²) in [5.74, 6) is -1.45. The SMILES string of the molecule is CCNCCC(=O)NOCC(=O)O. The van der Waals surface area contributed by atoms with E-state index in [1.807, 2.05) is 12.4 Å². The van der Waals surface area contributed by atoms with Crippen LogP contribution in [0.5, 0.6) is 0 Å². The number of carbonyl (C=O) groups excluding carboxylic acids is 1. The molecule has 0 bridgehead atoms. The largest absolute Gasteiger partial charge is 0.479 e. The molecule has 0 heterocycles. The normalized spacial score (nSPS) is 9.62. The van der Waals surface area contributed by atoms with Crippen LogP contribution in [0.4, 0.5) is 0 Å². The van der Waals surface area contributed by atoms with Gasteiger partial charge in [-0.2, -0.15) is 0 Å². The highest BCUT2D eigenvalue weighted by Gasteiger charge is 2.01. The van der Waals surface area contributed by atoms with Gasteiger partial charge in [0.1, 0.15) is 0 Å². The molecule has 3 N–H and O–H groups in total. The molecule has 0 radical (unpaired) electrons. The van der Waals surface area contributed by atoms with Crippen LogP contribution in [-0.4, -0.2) is 36.7 Å². The van der Waals surface area contributed by atoms with E-state index in [1.165, 1.54) is 0 Å². The maximum atomic E-state index is 10.8. The van der Waals surface area contributed by atoms with Crippen molar-refractivity contribution in [2.24, 2.45) is 0 Å². The molecule has 0 fully saturated rings. The summed E-state index contributed by atoms with van der Waals surface area (Å²) in [6.45, 7) is 2.76. The second kappa shape index (κ2) is 7.51. The third-order valence-electron chi connectivity index (χ3n) is 1.16. The van der Waals surface area contributed by atoms with E-state index in [0.717, 1.165) is 6.54 Å². The number of aliphatic carboxylic acids is 1. The molecular weight excluding hydrogens is 176 g/mol. The van der Waals surface area contributed by atoms with Gasteiger partial charge < -0.3 is 10.4 Å². The Morgan fingerprint density at radius 3 is 2.69 bits per heavy atom. The zero-order valence-corrected chi connectivity index (χ0v) is 7.50. The summed E-state index contributed by atoms with van der Waals surface area (Å²) in [6, 6.07) is 0. The highest BCUT2D eigenvalue weighted by molar-refractivity contribution is 5.75. The van der Waals surface area contributed by atoms with Gasteiger partial charge in [-0.15, -0.1) is 0 Å². The number of carbonyl (C=O) groups is 2. The Labute approximate surface area is 76.2 Å². The van der Waals surface area contributed by atoms with Crippen LogP contribution in [0.1, 0.15) is 13.3 Å². The first-order valence-electron chi connectivity index (χ1n) is 4.00. The van der Waals surface area contributed by atoms with Gasteiger partial charge in [0, 0.05) is 13.0 Å². The van der Waals surface area contributed by atoms with E-state index in [4.69, 9.17) is 5.11 Å². The van der Waals surface area contributed by atoms with E-state index < -0.39 is 12.6 Å². The van der Waals surface area contributed by atoms with Crippen molar-refractivity contribution in [3.8, 4) is 0 Å². The molecule has 0 atom stereocenters. The minimum atomic E-state index is -1.12. The summed E-state index contributed by atoms with van der Waals surface area (Å²) < 4.78 is 0. The topological polar surface area (TPSA) is 87.7 Å². The van der Waals surface area contributed by atoms with Crippen LogP contribution >= 0.6 is 0 Å². The molecule has 0 aromatic heterocycles. The smallest absolute Gasteiger partial charge is 0.332 e. The summed E-state index contributed by atoms with van der Waals surface area (Å²) in [4.78, 5) is 25.1. The van der Waals surface area contributed by atoms with Gasteiger partial charge in [-0.25, -0.2) is 10.3 Å². The zero-order valence-electron chi connectivity index (χ0n) is 7.50. The lowest BCUT2D eigenvalue weighted by molar-refractivity contribution is -0.149. The molecule has 0 aromatic carbocycles. The number of hydroxylamine groups is 1. The molecular formula is C7H14N2O4. The molecule has 1 amide bonds. The van der Waals surface area contributed by atoms with Crippen molar-refractivity contribution in [2.45, 2.75) is 13.3 Å². The van der Waals surface area contributed by atoms with Crippen LogP contribution in [0.3, 0.4) is 0 Å². The molecule has 0 saturated heterocycles. The predicted molar refractivity (Wildman–Crippen MR) is 44.9 cm³/mol. The van der Waals surface area contributed by atoms with Crippen LogP contribution in [0.15, 0.2) is 0 Å². The van der Waals surface area contributed by atoms with Crippen LogP contribution in [-0.2, 0) is 14.4 Å². The van der Waals surface area contributed by atoms with Gasteiger partial charge >= 0.3 is 5.97 Å². The van der Waals surface area contributed by atoms with Gasteiger partial charge in [0.15, 0.2) is 6.61 Å². The number of hydrogen-bond acceptors (Lipinski definition) is 4. The third-order valence-corrected chi connectivity index (χ3v) is 1.16. The van der Waals surface area contributed by atoms with Crippen LogP contribution in [0.2, 0.25) is 0 Å². The van der Waals surface area contributed by atoms with Crippen molar-refractivity contribution in [3.05, 3.63) is 0 Å². The minimum Gasteiger partial charge on any atom is -0.479 e. The molecule has 0 aliphatic carbocycles. The quantitative estimate of drug-likeness (QED) is 0.358. The molecule has 0 spiro atoms. The summed E-state index contributed by atoms with van der Waals surface area (Å²) in [5, 5.41) is 11.1. The van der Waals surface area contributed by atoms with Crippen molar-refractivity contribution in [1.29, 1.82) is 0 Å². The van der Waals surface area contributed by atoms with Crippen molar-refractivity contribution in [2.75, 3.05) is 19.7 Å². The Hall–Kier alpha value is -1.14. The summed E-state index contributed by atoms with van der Waals surface area (Å²) in [7, 11) is 0. The number of carboxylic acid groups (broad SMARTS) is 1. The van der Waals surface area contributed by atoms with Crippen molar-refractivity contribution in [3.63, 3.8) is 0 Å². The molecule has 76 valence electrons. The Morgan fingerprint density at radius 2 is 2.15 bits per heavy atom. The number of carboxylic acids is 1. The molecule has 0 aliphatic rings. The highest BCUT2D eigenvalue weighted by atomic mass is 16.7. The van der Waals surface area contributed by atoms with E-state index in [0.29, 0.717) is 6.54 Å². The standard InChI is InChI=1S/C7H14N2O4/c1-2-8-4-3-6(10)9-13-5-7(11)12/h8H,2-5H2,1H3,(H,9,10)(H,11,12). The maximum absolute atomic E-state index is 10.8. The molecule has 0 aliphatic heterocycles. The molecule has 6 nitrogen and oxygen atoms in total. The lowest BCUT2D eigenvalue weighted by Crippen LogP contribution is -2.29. The fourth-order valence-electron chi connectivity index (χ4n) is 0.608. The van der Waals surface area contributed by atoms with E-state index >= 15 is 0 Å². The van der Waals surface area contributed by atoms with Gasteiger partial charge in [-0.3, -0.25) is 9.63 Å². The summed E-state index contributed by atoms with van der Waals surface area (Å²) in [5.41, 5.74) is 2.01. The van der Waals surface area contributed by atoms with Crippen LogP contribution in [0.25, 0.3) is 0 Å². The number of nitrogens with one attached hydrogen (secondary N) is 2. The Kier molecular flexibility index (Phi) is 6.85. The molecule has 0 unspecified atom stereocenters. The Morgan fingerprint density at radius 1 is 1.46 bits per heavy atom. The first kappa shape index (κ1) is 11.9. The lowest BCUT2D eigenvalue weighted by atomic mass is 10.4. The van der Waals surface area contributed by atoms with E-state index in [9.17, 15) is 9.59 Å². The lowest BCUT2D eigenvalue weighted by Gasteiger charge is -2.03. The average molecular weight is 190 g/mol. The predicted octanol–water partition coefficient (Wildman–Crippen LogP) is -0.882. The van der Waals surface area contributed by atoms with Crippen molar-refractivity contribution < 1.29 is 19.5 Å². The van der Waals surface area contributed by atoms with Crippen LogP contribution < -0.4 is 10.8 Å². The second-order valence-corrected chi connectivity index (χ2v) is 2.31. The van der Waals surface area contributed by atoms with E-state index in [-0.39, 0.29) is 12.3 Å². The molecule has 0 aromatic rings. The van der Waals surface area contributed by atoms with Gasteiger partial charge in [-0.05, 0) is 6.54 Å². The molecule has 13 heavy (non-hydrogen) atoms. The van der Waals surface area contributed by atoms with E-state index in [1.54, 1.807) is 0 Å². The highest BCUT2D eigenvalue weighted by Crippen LogP contribution is 1.77. The van der Waals surface area contributed by atoms with Gasteiger partial charge in [-0.1, -0.05) is 6.92 Å². The first-order valence-corrected chi connectivity index (χ1v) is 4.00. The Balaban J connectivity index is 3.25.